The molecule has 0 saturated carbocycles. The van der Waals surface area contributed by atoms with Gasteiger partial charge in [0.1, 0.15) is 11.6 Å². The van der Waals surface area contributed by atoms with Crippen molar-refractivity contribution in [2.45, 2.75) is 51.7 Å². The van der Waals surface area contributed by atoms with Gasteiger partial charge in [0, 0.05) is 5.41 Å². The van der Waals surface area contributed by atoms with Crippen LogP contribution in [0.3, 0.4) is 0 Å². The molecule has 1 atom stereocenters. The average Bonchev–Trinajstić information content (AvgIpc) is 2.56. The molecule has 0 aliphatic carbocycles. The number of hydrogen-bond acceptors (Lipinski definition) is 3. The molecule has 114 valence electrons. The van der Waals surface area contributed by atoms with Crippen LogP contribution in [0.2, 0.25) is 0 Å². The second-order valence-corrected chi connectivity index (χ2v) is 6.83. The number of amides is 1. The summed E-state index contributed by atoms with van der Waals surface area (Å²) in [6.45, 7) is 8.93. The molecule has 0 unspecified atom stereocenters. The van der Waals surface area contributed by atoms with Crippen LogP contribution in [0.1, 0.15) is 40.2 Å². The van der Waals surface area contributed by atoms with Crippen LogP contribution in [-0.2, 0) is 14.9 Å². The molecule has 1 aromatic carbocycles. The highest BCUT2D eigenvalue weighted by Gasteiger charge is 2.52. The lowest BCUT2D eigenvalue weighted by Gasteiger charge is -2.31. The number of carboxylic acids is 1. The zero-order valence-electron chi connectivity index (χ0n) is 13.0. The summed E-state index contributed by atoms with van der Waals surface area (Å²) in [6.07, 6.45) is -0.632. The lowest BCUT2D eigenvalue weighted by molar-refractivity contribution is -0.139. The number of carbonyl (C=O) groups excluding carboxylic acids is 1. The van der Waals surface area contributed by atoms with E-state index in [0.29, 0.717) is 5.69 Å². The molecule has 1 aliphatic rings. The van der Waals surface area contributed by atoms with Gasteiger partial charge in [0.15, 0.2) is 0 Å². The van der Waals surface area contributed by atoms with Crippen LogP contribution in [0, 0.1) is 0 Å². The first-order valence-corrected chi connectivity index (χ1v) is 6.90. The van der Waals surface area contributed by atoms with Crippen molar-refractivity contribution in [2.24, 2.45) is 0 Å². The predicted octanol–water partition coefficient (Wildman–Crippen LogP) is 3.17. The van der Waals surface area contributed by atoms with Crippen LogP contribution in [0.4, 0.5) is 10.5 Å². The normalized spacial score (nSPS) is 20.0. The van der Waals surface area contributed by atoms with Gasteiger partial charge in [-0.15, -0.1) is 0 Å². The monoisotopic (exact) mass is 291 g/mol. The minimum atomic E-state index is -1.04. The molecule has 1 amide bonds. The fraction of sp³-hybridized carbons (Fsp3) is 0.500. The minimum absolute atomic E-state index is 0.601. The standard InChI is InChI=1S/C16H21NO4/c1-15(2,3)21-14(20)17-11-9-7-6-8-10(11)16(4,5)12(17)13(18)19/h6-9,12H,1-5H3,(H,18,19)/t12-/m1/s1. The van der Waals surface area contributed by atoms with Gasteiger partial charge < -0.3 is 9.84 Å². The number of rotatable bonds is 1. The summed E-state index contributed by atoms with van der Waals surface area (Å²) in [4.78, 5) is 25.4. The first-order valence-electron chi connectivity index (χ1n) is 6.90. The Balaban J connectivity index is 2.52. The van der Waals surface area contributed by atoms with Gasteiger partial charge in [0.2, 0.25) is 0 Å². The number of nitrogens with zero attached hydrogens (tertiary/aromatic N) is 1. The maximum atomic E-state index is 12.5. The predicted molar refractivity (Wildman–Crippen MR) is 79.6 cm³/mol. The largest absolute Gasteiger partial charge is 0.480 e. The molecule has 0 spiro atoms. The molecule has 1 aliphatic heterocycles. The third-order valence-corrected chi connectivity index (χ3v) is 3.62. The Morgan fingerprint density at radius 1 is 1.24 bits per heavy atom. The quantitative estimate of drug-likeness (QED) is 0.863. The number of carbonyl (C=O) groups is 2. The smallest absolute Gasteiger partial charge is 0.415 e. The Labute approximate surface area is 124 Å². The molecule has 0 aromatic heterocycles. The van der Waals surface area contributed by atoms with E-state index in [0.717, 1.165) is 5.56 Å². The molecule has 0 radical (unpaired) electrons. The third kappa shape index (κ3) is 2.60. The molecule has 0 saturated heterocycles. The number of para-hydroxylation sites is 1. The number of ether oxygens (including phenoxy) is 1. The summed E-state index contributed by atoms with van der Waals surface area (Å²) < 4.78 is 5.38. The van der Waals surface area contributed by atoms with Gasteiger partial charge in [-0.1, -0.05) is 32.0 Å². The lowest BCUT2D eigenvalue weighted by Crippen LogP contribution is -2.51. The molecule has 5 nitrogen and oxygen atoms in total. The fourth-order valence-electron chi connectivity index (χ4n) is 2.77. The molecule has 21 heavy (non-hydrogen) atoms. The number of anilines is 1. The zero-order chi connectivity index (χ0) is 16.0. The Bertz CT molecular complexity index is 586. The first kappa shape index (κ1) is 15.4. The van der Waals surface area contributed by atoms with Gasteiger partial charge in [-0.05, 0) is 32.4 Å². The van der Waals surface area contributed by atoms with E-state index < -0.39 is 29.1 Å². The van der Waals surface area contributed by atoms with Gasteiger partial charge in [-0.25, -0.2) is 9.59 Å². The SMILES string of the molecule is CC(C)(C)OC(=O)N1c2ccccc2C(C)(C)[C@H]1C(=O)O. The number of benzene rings is 1. The van der Waals surface area contributed by atoms with E-state index in [1.54, 1.807) is 32.9 Å². The molecule has 5 heteroatoms. The van der Waals surface area contributed by atoms with Crippen LogP contribution < -0.4 is 4.90 Å². The van der Waals surface area contributed by atoms with Crippen molar-refractivity contribution < 1.29 is 19.4 Å². The molecule has 1 heterocycles. The molecular weight excluding hydrogens is 270 g/mol. The van der Waals surface area contributed by atoms with E-state index >= 15 is 0 Å². The summed E-state index contributed by atoms with van der Waals surface area (Å²) in [5, 5.41) is 9.59. The Hall–Kier alpha value is -2.04. The van der Waals surface area contributed by atoms with Gasteiger partial charge in [0.05, 0.1) is 5.69 Å². The fourth-order valence-corrected chi connectivity index (χ4v) is 2.77. The minimum Gasteiger partial charge on any atom is -0.480 e. The van der Waals surface area contributed by atoms with Crippen molar-refractivity contribution >= 4 is 17.7 Å². The van der Waals surface area contributed by atoms with E-state index in [4.69, 9.17) is 4.74 Å². The van der Waals surface area contributed by atoms with Gasteiger partial charge >= 0.3 is 12.1 Å². The number of hydrogen-bond donors (Lipinski definition) is 1. The second kappa shape index (κ2) is 4.76. The average molecular weight is 291 g/mol. The van der Waals surface area contributed by atoms with Gasteiger partial charge in [0.25, 0.3) is 0 Å². The van der Waals surface area contributed by atoms with E-state index in [9.17, 15) is 14.7 Å². The van der Waals surface area contributed by atoms with Crippen molar-refractivity contribution in [1.82, 2.24) is 0 Å². The van der Waals surface area contributed by atoms with E-state index in [1.165, 1.54) is 4.90 Å². The van der Waals surface area contributed by atoms with E-state index in [-0.39, 0.29) is 0 Å². The molecular formula is C16H21NO4. The van der Waals surface area contributed by atoms with Crippen molar-refractivity contribution in [3.8, 4) is 0 Å². The van der Waals surface area contributed by atoms with Crippen molar-refractivity contribution in [2.75, 3.05) is 4.90 Å². The Morgan fingerprint density at radius 3 is 2.33 bits per heavy atom. The van der Waals surface area contributed by atoms with E-state index in [1.807, 2.05) is 26.0 Å². The van der Waals surface area contributed by atoms with Crippen LogP contribution in [-0.4, -0.2) is 28.8 Å². The van der Waals surface area contributed by atoms with Crippen LogP contribution in [0.15, 0.2) is 24.3 Å². The van der Waals surface area contributed by atoms with Crippen molar-refractivity contribution in [1.29, 1.82) is 0 Å². The highest BCUT2D eigenvalue weighted by molar-refractivity contribution is 6.00. The highest BCUT2D eigenvalue weighted by atomic mass is 16.6. The topological polar surface area (TPSA) is 66.8 Å². The van der Waals surface area contributed by atoms with Crippen molar-refractivity contribution in [3.63, 3.8) is 0 Å². The highest BCUT2D eigenvalue weighted by Crippen LogP contribution is 2.45. The summed E-state index contributed by atoms with van der Waals surface area (Å²) in [5.41, 5.74) is 0.0774. The second-order valence-electron chi connectivity index (χ2n) is 6.83. The van der Waals surface area contributed by atoms with E-state index in [2.05, 4.69) is 0 Å². The lowest BCUT2D eigenvalue weighted by atomic mass is 9.80. The molecule has 0 fully saturated rings. The van der Waals surface area contributed by atoms with Crippen LogP contribution >= 0.6 is 0 Å². The summed E-state index contributed by atoms with van der Waals surface area (Å²) >= 11 is 0. The molecule has 1 N–H and O–H groups in total. The van der Waals surface area contributed by atoms with Crippen LogP contribution in [0.25, 0.3) is 0 Å². The molecule has 0 bridgehead atoms. The van der Waals surface area contributed by atoms with Gasteiger partial charge in [-0.2, -0.15) is 0 Å². The number of aliphatic carboxylic acids is 1. The zero-order valence-corrected chi connectivity index (χ0v) is 13.0. The number of fused-ring (bicyclic) bond motifs is 1. The summed E-state index contributed by atoms with van der Waals surface area (Å²) in [7, 11) is 0. The first-order chi connectivity index (χ1) is 9.55. The maximum absolute atomic E-state index is 12.5. The van der Waals surface area contributed by atoms with Gasteiger partial charge in [-0.3, -0.25) is 4.90 Å². The maximum Gasteiger partial charge on any atom is 0.415 e. The third-order valence-electron chi connectivity index (χ3n) is 3.62. The Kier molecular flexibility index (Phi) is 3.48. The molecule has 1 aromatic rings. The molecule has 2 rings (SSSR count). The van der Waals surface area contributed by atoms with Crippen molar-refractivity contribution in [3.05, 3.63) is 29.8 Å². The Morgan fingerprint density at radius 2 is 1.81 bits per heavy atom. The summed E-state index contributed by atoms with van der Waals surface area (Å²) in [5.74, 6) is -1.04. The van der Waals surface area contributed by atoms with Crippen LogP contribution in [0.5, 0.6) is 0 Å². The summed E-state index contributed by atoms with van der Waals surface area (Å²) in [6, 6.07) is 6.26. The number of carboxylic acid groups (broad SMARTS) is 1.